The predicted molar refractivity (Wildman–Crippen MR) is 51.5 cm³/mol. The highest BCUT2D eigenvalue weighted by atomic mass is 14.7. The third kappa shape index (κ3) is 6.11. The number of hydrogen-bond donors (Lipinski definition) is 1. The molecule has 0 aromatic rings. The van der Waals surface area contributed by atoms with Crippen LogP contribution in [0.1, 0.15) is 40.0 Å². The summed E-state index contributed by atoms with van der Waals surface area (Å²) in [6.45, 7) is 10.2. The summed E-state index contributed by atoms with van der Waals surface area (Å²) in [5, 5.41) is 0. The van der Waals surface area contributed by atoms with E-state index >= 15 is 0 Å². The van der Waals surface area contributed by atoms with E-state index in [9.17, 15) is 0 Å². The minimum Gasteiger partial charge on any atom is -0.322 e. The molecule has 0 aromatic heterocycles. The van der Waals surface area contributed by atoms with Gasteiger partial charge in [-0.3, -0.25) is 0 Å². The lowest BCUT2D eigenvalue weighted by molar-refractivity contribution is 0.458. The van der Waals surface area contributed by atoms with E-state index in [0.29, 0.717) is 0 Å². The second-order valence-electron chi connectivity index (χ2n) is 4.00. The summed E-state index contributed by atoms with van der Waals surface area (Å²) in [7, 11) is 0. The Morgan fingerprint density at radius 2 is 2.09 bits per heavy atom. The van der Waals surface area contributed by atoms with Crippen molar-refractivity contribution in [1.29, 1.82) is 0 Å². The van der Waals surface area contributed by atoms with Crippen molar-refractivity contribution in [2.75, 3.05) is 0 Å². The van der Waals surface area contributed by atoms with Crippen LogP contribution in [0.4, 0.5) is 0 Å². The lowest BCUT2D eigenvalue weighted by Gasteiger charge is -2.19. The molecule has 1 nitrogen and oxygen atoms in total. The number of hydrogen-bond acceptors (Lipinski definition) is 1. The molecule has 0 heterocycles. The van der Waals surface area contributed by atoms with Crippen LogP contribution in [0.2, 0.25) is 0 Å². The average molecular weight is 155 g/mol. The van der Waals surface area contributed by atoms with E-state index < -0.39 is 0 Å². The molecular weight excluding hydrogens is 134 g/mol. The van der Waals surface area contributed by atoms with Gasteiger partial charge in [-0.1, -0.05) is 32.8 Å². The Balaban J connectivity index is 3.45. The molecule has 0 radical (unpaired) electrons. The van der Waals surface area contributed by atoms with Gasteiger partial charge >= 0.3 is 0 Å². The van der Waals surface area contributed by atoms with Crippen LogP contribution in [0.3, 0.4) is 0 Å². The number of rotatable bonds is 5. The van der Waals surface area contributed by atoms with Crippen LogP contribution in [-0.4, -0.2) is 5.54 Å². The molecular formula is C10H21N. The molecule has 0 aliphatic carbocycles. The van der Waals surface area contributed by atoms with E-state index in [0.717, 1.165) is 12.3 Å². The maximum Gasteiger partial charge on any atom is 0.0307 e. The summed E-state index contributed by atoms with van der Waals surface area (Å²) in [5.74, 6) is 0.788. The van der Waals surface area contributed by atoms with E-state index in [2.05, 4.69) is 20.4 Å². The third-order valence-electron chi connectivity index (χ3n) is 1.96. The van der Waals surface area contributed by atoms with Gasteiger partial charge < -0.3 is 5.73 Å². The summed E-state index contributed by atoms with van der Waals surface area (Å²) in [4.78, 5) is 0. The quantitative estimate of drug-likeness (QED) is 0.607. The Labute approximate surface area is 70.7 Å². The smallest absolute Gasteiger partial charge is 0.0307 e. The van der Waals surface area contributed by atoms with Gasteiger partial charge in [-0.25, -0.2) is 0 Å². The van der Waals surface area contributed by atoms with Crippen LogP contribution in [0.5, 0.6) is 0 Å². The van der Waals surface area contributed by atoms with Crippen molar-refractivity contribution in [3.63, 3.8) is 0 Å². The highest BCUT2D eigenvalue weighted by Gasteiger charge is 2.12. The van der Waals surface area contributed by atoms with Crippen LogP contribution in [0, 0.1) is 5.92 Å². The average Bonchev–Trinajstić information content (AvgIpc) is 1.87. The molecule has 0 rings (SSSR count). The van der Waals surface area contributed by atoms with Crippen molar-refractivity contribution in [1.82, 2.24) is 0 Å². The summed E-state index contributed by atoms with van der Waals surface area (Å²) in [5.41, 5.74) is 5.73. The Morgan fingerprint density at radius 1 is 1.55 bits per heavy atom. The first-order chi connectivity index (χ1) is 4.98. The molecule has 1 heteroatoms. The van der Waals surface area contributed by atoms with Crippen molar-refractivity contribution in [3.05, 3.63) is 12.7 Å². The molecule has 0 bridgehead atoms. The summed E-state index contributed by atoms with van der Waals surface area (Å²) < 4.78 is 0. The van der Waals surface area contributed by atoms with Gasteiger partial charge in [0.25, 0.3) is 0 Å². The molecule has 0 saturated carbocycles. The van der Waals surface area contributed by atoms with Gasteiger partial charge in [-0.15, -0.1) is 6.58 Å². The summed E-state index contributed by atoms with van der Waals surface area (Å²) >= 11 is 0. The van der Waals surface area contributed by atoms with E-state index in [1.165, 1.54) is 12.8 Å². The first-order valence-corrected chi connectivity index (χ1v) is 4.40. The Bertz CT molecular complexity index is 114. The maximum absolute atomic E-state index is 5.88. The molecule has 0 aliphatic rings. The number of nitrogens with two attached hydrogens (primary N) is 1. The molecule has 1 atom stereocenters. The van der Waals surface area contributed by atoms with Gasteiger partial charge in [0.15, 0.2) is 0 Å². The van der Waals surface area contributed by atoms with E-state index in [4.69, 9.17) is 5.73 Å². The zero-order valence-corrected chi connectivity index (χ0v) is 8.06. The SMILES string of the molecule is C=CC(C)(N)CCCC(C)C. The largest absolute Gasteiger partial charge is 0.322 e. The Morgan fingerprint density at radius 3 is 2.45 bits per heavy atom. The molecule has 0 fully saturated rings. The molecule has 11 heavy (non-hydrogen) atoms. The molecule has 0 spiro atoms. The standard InChI is InChI=1S/C10H21N/c1-5-10(4,11)8-6-7-9(2)3/h5,9H,1,6-8,11H2,2-4H3. The molecule has 2 N–H and O–H groups in total. The fourth-order valence-electron chi connectivity index (χ4n) is 0.993. The normalized spacial score (nSPS) is 16.5. The highest BCUT2D eigenvalue weighted by molar-refractivity contribution is 4.95. The zero-order valence-electron chi connectivity index (χ0n) is 8.06. The fourth-order valence-corrected chi connectivity index (χ4v) is 0.993. The third-order valence-corrected chi connectivity index (χ3v) is 1.96. The fraction of sp³-hybridized carbons (Fsp3) is 0.800. The Kier molecular flexibility index (Phi) is 4.43. The van der Waals surface area contributed by atoms with Gasteiger partial charge in [-0.05, 0) is 19.3 Å². The summed E-state index contributed by atoms with van der Waals surface area (Å²) in [6, 6.07) is 0. The van der Waals surface area contributed by atoms with Crippen molar-refractivity contribution >= 4 is 0 Å². The zero-order chi connectivity index (χ0) is 8.91. The van der Waals surface area contributed by atoms with Crippen molar-refractivity contribution in [3.8, 4) is 0 Å². The highest BCUT2D eigenvalue weighted by Crippen LogP contribution is 2.14. The molecule has 66 valence electrons. The van der Waals surface area contributed by atoms with Gasteiger partial charge in [-0.2, -0.15) is 0 Å². The second kappa shape index (κ2) is 4.55. The van der Waals surface area contributed by atoms with E-state index in [1.54, 1.807) is 0 Å². The molecule has 1 unspecified atom stereocenters. The molecule has 0 aliphatic heterocycles. The van der Waals surface area contributed by atoms with Crippen LogP contribution in [-0.2, 0) is 0 Å². The van der Waals surface area contributed by atoms with E-state index in [-0.39, 0.29) is 5.54 Å². The predicted octanol–water partition coefficient (Wildman–Crippen LogP) is 2.72. The maximum atomic E-state index is 5.88. The minimum atomic E-state index is -0.158. The van der Waals surface area contributed by atoms with Gasteiger partial charge in [0.2, 0.25) is 0 Å². The molecule has 0 saturated heterocycles. The molecule has 0 amide bonds. The topological polar surface area (TPSA) is 26.0 Å². The monoisotopic (exact) mass is 155 g/mol. The lowest BCUT2D eigenvalue weighted by Crippen LogP contribution is -2.33. The first kappa shape index (κ1) is 10.7. The van der Waals surface area contributed by atoms with Gasteiger partial charge in [0.05, 0.1) is 0 Å². The van der Waals surface area contributed by atoms with Crippen LogP contribution in [0.15, 0.2) is 12.7 Å². The summed E-state index contributed by atoms with van der Waals surface area (Å²) in [6.07, 6.45) is 5.36. The van der Waals surface area contributed by atoms with Crippen LogP contribution >= 0.6 is 0 Å². The van der Waals surface area contributed by atoms with Gasteiger partial charge in [0.1, 0.15) is 0 Å². The van der Waals surface area contributed by atoms with Crippen LogP contribution in [0.25, 0.3) is 0 Å². The first-order valence-electron chi connectivity index (χ1n) is 4.40. The van der Waals surface area contributed by atoms with Crippen molar-refractivity contribution < 1.29 is 0 Å². The van der Waals surface area contributed by atoms with E-state index in [1.807, 2.05) is 13.0 Å². The van der Waals surface area contributed by atoms with Crippen molar-refractivity contribution in [2.45, 2.75) is 45.6 Å². The van der Waals surface area contributed by atoms with Crippen LogP contribution < -0.4 is 5.73 Å². The lowest BCUT2D eigenvalue weighted by atomic mass is 9.94. The second-order valence-corrected chi connectivity index (χ2v) is 4.00. The Hall–Kier alpha value is -0.300. The van der Waals surface area contributed by atoms with Gasteiger partial charge in [0, 0.05) is 5.54 Å². The minimum absolute atomic E-state index is 0.158. The van der Waals surface area contributed by atoms with Crippen molar-refractivity contribution in [2.24, 2.45) is 11.7 Å². The molecule has 0 aromatic carbocycles.